The Morgan fingerprint density at radius 2 is 1.42 bits per heavy atom. The Labute approximate surface area is 304 Å². The standard InChI is InChI=1S/C42H48N6O4/c1-40(2,3)30-18-19-43-32-14-12-25(20-28(30)32)37(49)46(8)24-42(6,7)31-22-27(44-33-15-13-26(21-29(31)33)38(50)52-11)23-41(4,5)35-17-16-34-36(45-35)48(10)39(51)47(34)9/h12-22H,23-24H2,1-11H3. The van der Waals surface area contributed by atoms with Gasteiger partial charge in [0.1, 0.15) is 0 Å². The first-order valence-electron chi connectivity index (χ1n) is 17.5. The summed E-state index contributed by atoms with van der Waals surface area (Å²) in [5, 5.41) is 1.79. The van der Waals surface area contributed by atoms with Gasteiger partial charge in [0.05, 0.1) is 29.2 Å². The van der Waals surface area contributed by atoms with Gasteiger partial charge in [-0.2, -0.15) is 0 Å². The number of fused-ring (bicyclic) bond motifs is 3. The van der Waals surface area contributed by atoms with Crippen molar-refractivity contribution in [3.05, 3.63) is 111 Å². The Morgan fingerprint density at radius 3 is 2.12 bits per heavy atom. The molecule has 0 fully saturated rings. The van der Waals surface area contributed by atoms with E-state index in [1.165, 1.54) is 7.11 Å². The first-order chi connectivity index (χ1) is 24.3. The lowest BCUT2D eigenvalue weighted by Gasteiger charge is -2.33. The summed E-state index contributed by atoms with van der Waals surface area (Å²) >= 11 is 0. The van der Waals surface area contributed by atoms with Crippen LogP contribution in [0.25, 0.3) is 33.0 Å². The predicted molar refractivity (Wildman–Crippen MR) is 206 cm³/mol. The molecule has 270 valence electrons. The van der Waals surface area contributed by atoms with Crippen molar-refractivity contribution in [1.29, 1.82) is 0 Å². The summed E-state index contributed by atoms with van der Waals surface area (Å²) in [6, 6.07) is 19.2. The number of imidazole rings is 1. The summed E-state index contributed by atoms with van der Waals surface area (Å²) in [6.07, 6.45) is 2.38. The number of carbonyl (C=O) groups excluding carboxylic acids is 2. The molecule has 0 unspecified atom stereocenters. The number of hydrogen-bond acceptors (Lipinski definition) is 7. The van der Waals surface area contributed by atoms with Gasteiger partial charge in [-0.1, -0.05) is 48.5 Å². The van der Waals surface area contributed by atoms with Crippen LogP contribution in [0.4, 0.5) is 0 Å². The Kier molecular flexibility index (Phi) is 9.10. The lowest BCUT2D eigenvalue weighted by Crippen LogP contribution is -2.38. The number of aryl methyl sites for hydroxylation is 2. The maximum atomic E-state index is 14.1. The van der Waals surface area contributed by atoms with E-state index in [-0.39, 0.29) is 17.0 Å². The van der Waals surface area contributed by atoms with Crippen molar-refractivity contribution < 1.29 is 14.3 Å². The molecule has 0 aliphatic carbocycles. The molecule has 0 bridgehead atoms. The third-order valence-corrected chi connectivity index (χ3v) is 10.2. The van der Waals surface area contributed by atoms with E-state index in [0.29, 0.717) is 29.7 Å². The van der Waals surface area contributed by atoms with E-state index >= 15 is 0 Å². The fourth-order valence-corrected chi connectivity index (χ4v) is 7.37. The lowest BCUT2D eigenvalue weighted by atomic mass is 9.79. The van der Waals surface area contributed by atoms with Crippen LogP contribution in [0.15, 0.2) is 71.7 Å². The fourth-order valence-electron chi connectivity index (χ4n) is 7.37. The molecule has 6 rings (SSSR count). The number of pyridine rings is 3. The minimum absolute atomic E-state index is 0.0922. The minimum atomic E-state index is -0.562. The van der Waals surface area contributed by atoms with Gasteiger partial charge in [0, 0.05) is 78.9 Å². The van der Waals surface area contributed by atoms with Crippen LogP contribution in [-0.2, 0) is 41.5 Å². The number of benzene rings is 2. The molecule has 0 aliphatic heterocycles. The van der Waals surface area contributed by atoms with Gasteiger partial charge >= 0.3 is 11.7 Å². The number of methoxy groups -OCH3 is 1. The molecule has 0 radical (unpaired) electrons. The van der Waals surface area contributed by atoms with E-state index in [2.05, 4.69) is 59.5 Å². The van der Waals surface area contributed by atoms with Crippen molar-refractivity contribution in [3.8, 4) is 0 Å². The average molecular weight is 701 g/mol. The fraction of sp³-hybridized carbons (Fsp3) is 0.381. The van der Waals surface area contributed by atoms with Gasteiger partial charge in [0.25, 0.3) is 5.91 Å². The molecule has 52 heavy (non-hydrogen) atoms. The molecule has 0 aliphatic rings. The van der Waals surface area contributed by atoms with Gasteiger partial charge in [-0.25, -0.2) is 14.6 Å². The maximum absolute atomic E-state index is 14.1. The first-order valence-corrected chi connectivity index (χ1v) is 17.5. The number of hydrogen-bond donors (Lipinski definition) is 0. The zero-order valence-electron chi connectivity index (χ0n) is 32.1. The number of rotatable bonds is 8. The van der Waals surface area contributed by atoms with E-state index < -0.39 is 16.8 Å². The molecule has 6 aromatic rings. The van der Waals surface area contributed by atoms with Crippen LogP contribution in [0.2, 0.25) is 0 Å². The summed E-state index contributed by atoms with van der Waals surface area (Å²) in [5.41, 5.74) is 6.57. The molecule has 0 atom stereocenters. The van der Waals surface area contributed by atoms with Gasteiger partial charge in [0.15, 0.2) is 5.65 Å². The molecule has 10 heteroatoms. The number of aromatic nitrogens is 5. The normalized spacial score (nSPS) is 12.5. The smallest absolute Gasteiger partial charge is 0.337 e. The molecule has 0 spiro atoms. The highest BCUT2D eigenvalue weighted by atomic mass is 16.5. The number of likely N-dealkylation sites (N-methyl/N-ethyl adjacent to an activating group) is 1. The van der Waals surface area contributed by atoms with Crippen molar-refractivity contribution in [3.63, 3.8) is 0 Å². The number of carbonyl (C=O) groups is 2. The first kappa shape index (κ1) is 36.4. The monoisotopic (exact) mass is 700 g/mol. The highest BCUT2D eigenvalue weighted by Gasteiger charge is 2.31. The van der Waals surface area contributed by atoms with Crippen molar-refractivity contribution >= 4 is 44.8 Å². The van der Waals surface area contributed by atoms with E-state index in [1.54, 1.807) is 34.2 Å². The topological polar surface area (TPSA) is 112 Å². The van der Waals surface area contributed by atoms with Gasteiger partial charge in [-0.05, 0) is 77.2 Å². The van der Waals surface area contributed by atoms with Crippen molar-refractivity contribution in [2.75, 3.05) is 20.7 Å². The second-order valence-electron chi connectivity index (χ2n) is 16.3. The Morgan fingerprint density at radius 1 is 0.769 bits per heavy atom. The maximum Gasteiger partial charge on any atom is 0.337 e. The molecule has 0 saturated carbocycles. The molecule has 10 nitrogen and oxygen atoms in total. The third kappa shape index (κ3) is 6.58. The van der Waals surface area contributed by atoms with Crippen molar-refractivity contribution in [2.24, 2.45) is 14.1 Å². The zero-order chi connectivity index (χ0) is 37.9. The van der Waals surface area contributed by atoms with Crippen LogP contribution in [0.3, 0.4) is 0 Å². The summed E-state index contributed by atoms with van der Waals surface area (Å²) in [4.78, 5) is 55.6. The highest BCUT2D eigenvalue weighted by molar-refractivity contribution is 5.99. The number of esters is 1. The minimum Gasteiger partial charge on any atom is -0.465 e. The van der Waals surface area contributed by atoms with Crippen molar-refractivity contribution in [1.82, 2.24) is 29.0 Å². The van der Waals surface area contributed by atoms with Gasteiger partial charge < -0.3 is 9.64 Å². The number of amides is 1. The van der Waals surface area contributed by atoms with E-state index in [9.17, 15) is 14.4 Å². The predicted octanol–water partition coefficient (Wildman–Crippen LogP) is 7.02. The van der Waals surface area contributed by atoms with E-state index in [4.69, 9.17) is 14.7 Å². The van der Waals surface area contributed by atoms with Gasteiger partial charge in [-0.3, -0.25) is 23.9 Å². The van der Waals surface area contributed by atoms with Crippen LogP contribution in [0.5, 0.6) is 0 Å². The highest BCUT2D eigenvalue weighted by Crippen LogP contribution is 2.36. The molecular formula is C42H48N6O4. The third-order valence-electron chi connectivity index (χ3n) is 10.2. The molecule has 4 aromatic heterocycles. The van der Waals surface area contributed by atoms with Gasteiger partial charge in [0.2, 0.25) is 0 Å². The molecule has 0 N–H and O–H groups in total. The number of nitrogens with zero attached hydrogens (tertiary/aromatic N) is 6. The van der Waals surface area contributed by atoms with Crippen LogP contribution in [-0.4, -0.2) is 61.6 Å². The van der Waals surface area contributed by atoms with E-state index in [1.807, 2.05) is 61.8 Å². The van der Waals surface area contributed by atoms with Crippen LogP contribution in [0, 0.1) is 0 Å². The summed E-state index contributed by atoms with van der Waals surface area (Å²) in [6.45, 7) is 15.3. The van der Waals surface area contributed by atoms with E-state index in [0.717, 1.165) is 49.8 Å². The average Bonchev–Trinajstić information content (AvgIpc) is 3.32. The molecule has 4 heterocycles. The molecule has 2 aromatic carbocycles. The quantitative estimate of drug-likeness (QED) is 0.157. The Balaban J connectivity index is 1.38. The summed E-state index contributed by atoms with van der Waals surface area (Å²) in [5.74, 6) is -0.522. The lowest BCUT2D eigenvalue weighted by molar-refractivity contribution is 0.0600. The molecule has 1 amide bonds. The van der Waals surface area contributed by atoms with Crippen LogP contribution >= 0.6 is 0 Å². The van der Waals surface area contributed by atoms with Gasteiger partial charge in [-0.15, -0.1) is 0 Å². The zero-order valence-corrected chi connectivity index (χ0v) is 32.1. The summed E-state index contributed by atoms with van der Waals surface area (Å²) in [7, 11) is 6.68. The number of ether oxygens (including phenoxy) is 1. The Hall–Kier alpha value is -5.38. The Bertz CT molecular complexity index is 2450. The SMILES string of the molecule is COC(=O)c1ccc2nc(CC(C)(C)c3ccc4c(n3)n(C)c(=O)n4C)cc(C(C)(C)CN(C)C(=O)c3ccc4nccc(C(C)(C)C)c4c3)c2c1. The van der Waals surface area contributed by atoms with Crippen molar-refractivity contribution in [2.45, 2.75) is 71.1 Å². The molecule has 0 saturated heterocycles. The van der Waals surface area contributed by atoms with Crippen LogP contribution < -0.4 is 5.69 Å². The molecular weight excluding hydrogens is 652 g/mol. The van der Waals surface area contributed by atoms with Crippen LogP contribution in [0.1, 0.15) is 91.7 Å². The summed E-state index contributed by atoms with van der Waals surface area (Å²) < 4.78 is 8.22. The second kappa shape index (κ2) is 13.0. The largest absolute Gasteiger partial charge is 0.465 e. The second-order valence-corrected chi connectivity index (χ2v) is 16.3.